The first-order valence-corrected chi connectivity index (χ1v) is 6.14. The molecule has 1 rings (SSSR count). The van der Waals surface area contributed by atoms with Crippen LogP contribution in [0.2, 0.25) is 0 Å². The second kappa shape index (κ2) is 6.05. The SMILES string of the molecule is CCC(C)C(N)CNCc1csc(=O)[nH]1. The van der Waals surface area contributed by atoms with Crippen LogP contribution >= 0.6 is 11.3 Å². The molecule has 1 aromatic heterocycles. The maximum atomic E-state index is 10.9. The van der Waals surface area contributed by atoms with Crippen molar-refractivity contribution in [2.75, 3.05) is 6.54 Å². The summed E-state index contributed by atoms with van der Waals surface area (Å²) in [4.78, 5) is 13.6. The summed E-state index contributed by atoms with van der Waals surface area (Å²) in [5.74, 6) is 0.527. The van der Waals surface area contributed by atoms with Gasteiger partial charge in [0.15, 0.2) is 0 Å². The monoisotopic (exact) mass is 229 g/mol. The highest BCUT2D eigenvalue weighted by atomic mass is 32.1. The maximum Gasteiger partial charge on any atom is 0.304 e. The van der Waals surface area contributed by atoms with E-state index in [4.69, 9.17) is 5.73 Å². The molecule has 0 saturated heterocycles. The number of aromatic nitrogens is 1. The molecule has 0 fully saturated rings. The summed E-state index contributed by atoms with van der Waals surface area (Å²) in [6.07, 6.45) is 1.10. The summed E-state index contributed by atoms with van der Waals surface area (Å²) in [5.41, 5.74) is 6.90. The molecule has 0 aliphatic heterocycles. The van der Waals surface area contributed by atoms with Crippen LogP contribution in [-0.4, -0.2) is 17.6 Å². The first kappa shape index (κ1) is 12.4. The fourth-order valence-electron chi connectivity index (χ4n) is 1.28. The van der Waals surface area contributed by atoms with E-state index in [0.717, 1.165) is 18.7 Å². The van der Waals surface area contributed by atoms with Crippen molar-refractivity contribution in [1.82, 2.24) is 10.3 Å². The second-order valence-corrected chi connectivity index (χ2v) is 4.70. The number of thiazole rings is 1. The Bertz CT molecular complexity index is 333. The molecule has 2 atom stereocenters. The maximum absolute atomic E-state index is 10.9. The molecule has 4 nitrogen and oxygen atoms in total. The highest BCUT2D eigenvalue weighted by Crippen LogP contribution is 2.04. The van der Waals surface area contributed by atoms with Gasteiger partial charge in [-0.2, -0.15) is 0 Å². The Kier molecular flexibility index (Phi) is 5.01. The van der Waals surface area contributed by atoms with Crippen LogP contribution in [0.15, 0.2) is 10.2 Å². The molecule has 0 bridgehead atoms. The predicted molar refractivity (Wildman–Crippen MR) is 64.1 cm³/mol. The van der Waals surface area contributed by atoms with Crippen LogP contribution in [0.5, 0.6) is 0 Å². The lowest BCUT2D eigenvalue weighted by atomic mass is 10.0. The highest BCUT2D eigenvalue weighted by molar-refractivity contribution is 7.07. The number of aromatic amines is 1. The second-order valence-electron chi connectivity index (χ2n) is 3.85. The minimum absolute atomic E-state index is 0.00183. The molecular formula is C10H19N3OS. The fourth-order valence-corrected chi connectivity index (χ4v) is 1.86. The van der Waals surface area contributed by atoms with E-state index >= 15 is 0 Å². The summed E-state index contributed by atoms with van der Waals surface area (Å²) in [5, 5.41) is 5.08. The van der Waals surface area contributed by atoms with E-state index in [1.165, 1.54) is 11.3 Å². The van der Waals surface area contributed by atoms with Gasteiger partial charge in [-0.3, -0.25) is 4.79 Å². The van der Waals surface area contributed by atoms with E-state index in [9.17, 15) is 4.79 Å². The van der Waals surface area contributed by atoms with Crippen molar-refractivity contribution in [3.05, 3.63) is 20.7 Å². The van der Waals surface area contributed by atoms with Gasteiger partial charge in [0.1, 0.15) is 0 Å². The minimum Gasteiger partial charge on any atom is -0.326 e. The van der Waals surface area contributed by atoms with Crippen LogP contribution in [-0.2, 0) is 6.54 Å². The molecular weight excluding hydrogens is 210 g/mol. The van der Waals surface area contributed by atoms with E-state index in [2.05, 4.69) is 24.1 Å². The van der Waals surface area contributed by atoms with Crippen molar-refractivity contribution in [2.45, 2.75) is 32.9 Å². The largest absolute Gasteiger partial charge is 0.326 e. The van der Waals surface area contributed by atoms with E-state index in [1.807, 2.05) is 5.38 Å². The zero-order valence-corrected chi connectivity index (χ0v) is 10.1. The normalized spacial score (nSPS) is 15.1. The number of H-pyrrole nitrogens is 1. The molecule has 0 aliphatic carbocycles. The third-order valence-corrected chi connectivity index (χ3v) is 3.36. The molecule has 0 saturated carbocycles. The zero-order valence-electron chi connectivity index (χ0n) is 9.25. The van der Waals surface area contributed by atoms with Gasteiger partial charge in [0.05, 0.1) is 0 Å². The fraction of sp³-hybridized carbons (Fsp3) is 0.700. The zero-order chi connectivity index (χ0) is 11.3. The van der Waals surface area contributed by atoms with Gasteiger partial charge in [-0.15, -0.1) is 0 Å². The van der Waals surface area contributed by atoms with Gasteiger partial charge in [0.25, 0.3) is 0 Å². The number of nitrogens with two attached hydrogens (primary N) is 1. The van der Waals surface area contributed by atoms with Crippen LogP contribution in [0.3, 0.4) is 0 Å². The predicted octanol–water partition coefficient (Wildman–Crippen LogP) is 0.899. The molecule has 86 valence electrons. The number of hydrogen-bond acceptors (Lipinski definition) is 4. The molecule has 0 radical (unpaired) electrons. The molecule has 0 aliphatic rings. The molecule has 2 unspecified atom stereocenters. The van der Waals surface area contributed by atoms with Crippen molar-refractivity contribution >= 4 is 11.3 Å². The first-order valence-electron chi connectivity index (χ1n) is 5.26. The lowest BCUT2D eigenvalue weighted by Gasteiger charge is -2.18. The average Bonchev–Trinajstić information content (AvgIpc) is 2.63. The highest BCUT2D eigenvalue weighted by Gasteiger charge is 2.09. The third kappa shape index (κ3) is 4.15. The van der Waals surface area contributed by atoms with Gasteiger partial charge in [0, 0.05) is 30.2 Å². The van der Waals surface area contributed by atoms with E-state index in [1.54, 1.807) is 0 Å². The number of nitrogens with one attached hydrogen (secondary N) is 2. The Labute approximate surface area is 93.9 Å². The third-order valence-electron chi connectivity index (χ3n) is 2.64. The molecule has 1 heterocycles. The van der Waals surface area contributed by atoms with Crippen molar-refractivity contribution in [2.24, 2.45) is 11.7 Å². The quantitative estimate of drug-likeness (QED) is 0.678. The van der Waals surface area contributed by atoms with Gasteiger partial charge in [-0.05, 0) is 5.92 Å². The van der Waals surface area contributed by atoms with E-state index < -0.39 is 0 Å². The summed E-state index contributed by atoms with van der Waals surface area (Å²) in [7, 11) is 0. The van der Waals surface area contributed by atoms with Gasteiger partial charge >= 0.3 is 4.87 Å². The van der Waals surface area contributed by atoms with Crippen LogP contribution in [0, 0.1) is 5.92 Å². The Morgan fingerprint density at radius 1 is 1.67 bits per heavy atom. The van der Waals surface area contributed by atoms with Crippen LogP contribution in [0.25, 0.3) is 0 Å². The van der Waals surface area contributed by atoms with Crippen molar-refractivity contribution in [3.63, 3.8) is 0 Å². The molecule has 4 N–H and O–H groups in total. The van der Waals surface area contributed by atoms with Crippen LogP contribution in [0.1, 0.15) is 26.0 Å². The van der Waals surface area contributed by atoms with Gasteiger partial charge < -0.3 is 16.0 Å². The Morgan fingerprint density at radius 3 is 2.93 bits per heavy atom. The average molecular weight is 229 g/mol. The summed E-state index contributed by atoms with van der Waals surface area (Å²) < 4.78 is 0. The van der Waals surface area contributed by atoms with E-state index in [-0.39, 0.29) is 10.9 Å². The molecule has 5 heteroatoms. The summed E-state index contributed by atoms with van der Waals surface area (Å²) in [6, 6.07) is 0.181. The van der Waals surface area contributed by atoms with Gasteiger partial charge in [-0.25, -0.2) is 0 Å². The Balaban J connectivity index is 2.24. The Morgan fingerprint density at radius 2 is 2.40 bits per heavy atom. The number of rotatable bonds is 6. The topological polar surface area (TPSA) is 70.9 Å². The molecule has 15 heavy (non-hydrogen) atoms. The lowest BCUT2D eigenvalue weighted by molar-refractivity contribution is 0.417. The van der Waals surface area contributed by atoms with Crippen molar-refractivity contribution in [1.29, 1.82) is 0 Å². The molecule has 0 spiro atoms. The molecule has 1 aromatic rings. The Hall–Kier alpha value is -0.650. The first-order chi connectivity index (χ1) is 7.13. The van der Waals surface area contributed by atoms with Gasteiger partial charge in [0.2, 0.25) is 0 Å². The molecule has 0 aromatic carbocycles. The van der Waals surface area contributed by atoms with Gasteiger partial charge in [-0.1, -0.05) is 31.6 Å². The summed E-state index contributed by atoms with van der Waals surface area (Å²) >= 11 is 1.19. The minimum atomic E-state index is -0.00183. The standard InChI is InChI=1S/C10H19N3OS/c1-3-7(2)9(11)5-12-4-8-6-15-10(14)13-8/h6-7,9,12H,3-5,11H2,1-2H3,(H,13,14). The lowest BCUT2D eigenvalue weighted by Crippen LogP contribution is -2.38. The smallest absolute Gasteiger partial charge is 0.304 e. The van der Waals surface area contributed by atoms with Crippen LogP contribution < -0.4 is 15.9 Å². The summed E-state index contributed by atoms with van der Waals surface area (Å²) in [6.45, 7) is 5.76. The van der Waals surface area contributed by atoms with Crippen molar-refractivity contribution in [3.8, 4) is 0 Å². The molecule has 0 amide bonds. The van der Waals surface area contributed by atoms with Crippen LogP contribution in [0.4, 0.5) is 0 Å². The van der Waals surface area contributed by atoms with Crippen molar-refractivity contribution < 1.29 is 0 Å². The van der Waals surface area contributed by atoms with E-state index in [0.29, 0.717) is 12.5 Å². The number of hydrogen-bond donors (Lipinski definition) is 3.